The van der Waals surface area contributed by atoms with Crippen LogP contribution in [0.15, 0.2) is 0 Å². The number of nitrogens with zero attached hydrogens (tertiary/aromatic N) is 1. The lowest BCUT2D eigenvalue weighted by Gasteiger charge is -2.37. The molecule has 0 aliphatic heterocycles. The molecule has 1 fully saturated rings. The number of carbonyl (C=O) groups excluding carboxylic acids is 1. The quantitative estimate of drug-likeness (QED) is 0.722. The van der Waals surface area contributed by atoms with Gasteiger partial charge in [0, 0.05) is 26.7 Å². The minimum absolute atomic E-state index is 0.241. The van der Waals surface area contributed by atoms with Crippen LogP contribution in [0.5, 0.6) is 0 Å². The van der Waals surface area contributed by atoms with Gasteiger partial charge >= 0.3 is 0 Å². The Morgan fingerprint density at radius 2 is 2.00 bits per heavy atom. The van der Waals surface area contributed by atoms with Gasteiger partial charge in [-0.2, -0.15) is 0 Å². The third kappa shape index (κ3) is 2.95. The van der Waals surface area contributed by atoms with Gasteiger partial charge in [0.15, 0.2) is 0 Å². The van der Waals surface area contributed by atoms with Gasteiger partial charge in [0.2, 0.25) is 5.91 Å². The van der Waals surface area contributed by atoms with E-state index < -0.39 is 0 Å². The van der Waals surface area contributed by atoms with Crippen LogP contribution in [-0.4, -0.2) is 44.5 Å². The maximum absolute atomic E-state index is 12.4. The zero-order chi connectivity index (χ0) is 12.0. The topological polar surface area (TPSA) is 58.4 Å². The first-order valence-electron chi connectivity index (χ1n) is 6.26. The molecule has 16 heavy (non-hydrogen) atoms. The van der Waals surface area contributed by atoms with Gasteiger partial charge in [-0.05, 0) is 19.9 Å². The van der Waals surface area contributed by atoms with E-state index in [0.29, 0.717) is 6.54 Å². The molecule has 4 heteroatoms. The Kier molecular flexibility index (Phi) is 5.22. The van der Waals surface area contributed by atoms with E-state index in [1.807, 2.05) is 19.0 Å². The number of carbonyl (C=O) groups is 1. The van der Waals surface area contributed by atoms with Gasteiger partial charge in [-0.1, -0.05) is 19.3 Å². The second-order valence-corrected chi connectivity index (χ2v) is 4.88. The summed E-state index contributed by atoms with van der Waals surface area (Å²) in [5, 5.41) is 3.06. The van der Waals surface area contributed by atoms with E-state index in [9.17, 15) is 4.79 Å². The molecule has 1 amide bonds. The summed E-state index contributed by atoms with van der Waals surface area (Å²) < 4.78 is 0. The predicted octanol–water partition coefficient (Wildman–Crippen LogP) is 0.573. The van der Waals surface area contributed by atoms with Gasteiger partial charge < -0.3 is 16.0 Å². The van der Waals surface area contributed by atoms with Crippen LogP contribution in [0.2, 0.25) is 0 Å². The standard InChI is InChI=1S/C12H25N3O/c1-14-8-9-15(2)11(16)12(10-13)6-4-3-5-7-12/h14H,3-10,13H2,1-2H3. The van der Waals surface area contributed by atoms with Crippen LogP contribution < -0.4 is 11.1 Å². The van der Waals surface area contributed by atoms with Gasteiger partial charge in [0.1, 0.15) is 0 Å². The highest BCUT2D eigenvalue weighted by atomic mass is 16.2. The molecule has 94 valence electrons. The molecule has 3 N–H and O–H groups in total. The molecular weight excluding hydrogens is 202 g/mol. The molecule has 0 heterocycles. The zero-order valence-electron chi connectivity index (χ0n) is 10.6. The molecule has 0 aromatic carbocycles. The van der Waals surface area contributed by atoms with Crippen LogP contribution in [0, 0.1) is 5.41 Å². The Labute approximate surface area is 98.6 Å². The maximum atomic E-state index is 12.4. The van der Waals surface area contributed by atoms with Crippen LogP contribution in [0.25, 0.3) is 0 Å². The first-order chi connectivity index (χ1) is 7.66. The highest BCUT2D eigenvalue weighted by Gasteiger charge is 2.39. The van der Waals surface area contributed by atoms with E-state index in [1.165, 1.54) is 6.42 Å². The number of nitrogens with one attached hydrogen (secondary N) is 1. The molecule has 1 aliphatic rings. The van der Waals surface area contributed by atoms with E-state index in [-0.39, 0.29) is 11.3 Å². The molecular formula is C12H25N3O. The number of hydrogen-bond donors (Lipinski definition) is 2. The van der Waals surface area contributed by atoms with Crippen LogP contribution in [0.1, 0.15) is 32.1 Å². The smallest absolute Gasteiger partial charge is 0.229 e. The van der Waals surface area contributed by atoms with Gasteiger partial charge in [0.05, 0.1) is 5.41 Å². The number of amides is 1. The van der Waals surface area contributed by atoms with Crippen molar-refractivity contribution in [3.63, 3.8) is 0 Å². The lowest BCUT2D eigenvalue weighted by atomic mass is 9.73. The van der Waals surface area contributed by atoms with Crippen LogP contribution in [0.3, 0.4) is 0 Å². The third-order valence-corrected chi connectivity index (χ3v) is 3.70. The fourth-order valence-corrected chi connectivity index (χ4v) is 2.52. The second-order valence-electron chi connectivity index (χ2n) is 4.88. The maximum Gasteiger partial charge on any atom is 0.229 e. The molecule has 0 aromatic rings. The number of hydrogen-bond acceptors (Lipinski definition) is 3. The van der Waals surface area contributed by atoms with E-state index in [1.54, 1.807) is 0 Å². The van der Waals surface area contributed by atoms with E-state index in [2.05, 4.69) is 5.32 Å². The molecule has 0 spiro atoms. The second kappa shape index (κ2) is 6.21. The predicted molar refractivity (Wildman–Crippen MR) is 66.1 cm³/mol. The summed E-state index contributed by atoms with van der Waals surface area (Å²) in [7, 11) is 3.78. The van der Waals surface area contributed by atoms with Crippen molar-refractivity contribution in [3.8, 4) is 0 Å². The van der Waals surface area contributed by atoms with Crippen molar-refractivity contribution in [3.05, 3.63) is 0 Å². The van der Waals surface area contributed by atoms with Crippen molar-refractivity contribution in [2.45, 2.75) is 32.1 Å². The van der Waals surface area contributed by atoms with E-state index in [0.717, 1.165) is 38.8 Å². The third-order valence-electron chi connectivity index (χ3n) is 3.70. The Morgan fingerprint density at radius 1 is 1.38 bits per heavy atom. The molecule has 1 saturated carbocycles. The average Bonchev–Trinajstić information content (AvgIpc) is 2.35. The van der Waals surface area contributed by atoms with Crippen LogP contribution in [0.4, 0.5) is 0 Å². The fraction of sp³-hybridized carbons (Fsp3) is 0.917. The minimum Gasteiger partial charge on any atom is -0.344 e. The van der Waals surface area contributed by atoms with Crippen molar-refractivity contribution < 1.29 is 4.79 Å². The minimum atomic E-state index is -0.263. The fourth-order valence-electron chi connectivity index (χ4n) is 2.52. The molecule has 0 aromatic heterocycles. The monoisotopic (exact) mass is 227 g/mol. The summed E-state index contributed by atoms with van der Waals surface area (Å²) in [6, 6.07) is 0. The Hall–Kier alpha value is -0.610. The summed E-state index contributed by atoms with van der Waals surface area (Å²) in [5.74, 6) is 0.241. The van der Waals surface area contributed by atoms with Crippen LogP contribution >= 0.6 is 0 Å². The van der Waals surface area contributed by atoms with E-state index in [4.69, 9.17) is 5.73 Å². The van der Waals surface area contributed by atoms with Crippen molar-refractivity contribution in [2.24, 2.45) is 11.1 Å². The van der Waals surface area contributed by atoms with Crippen molar-refractivity contribution in [1.29, 1.82) is 0 Å². The largest absolute Gasteiger partial charge is 0.344 e. The lowest BCUT2D eigenvalue weighted by molar-refractivity contribution is -0.142. The summed E-state index contributed by atoms with van der Waals surface area (Å²) >= 11 is 0. The first-order valence-corrected chi connectivity index (χ1v) is 6.26. The molecule has 0 radical (unpaired) electrons. The Balaban J connectivity index is 2.60. The average molecular weight is 227 g/mol. The van der Waals surface area contributed by atoms with Crippen molar-refractivity contribution in [2.75, 3.05) is 33.7 Å². The normalized spacial score (nSPS) is 19.4. The van der Waals surface area contributed by atoms with Crippen LogP contribution in [-0.2, 0) is 4.79 Å². The summed E-state index contributed by atoms with van der Waals surface area (Å²) in [6.45, 7) is 2.09. The first kappa shape index (κ1) is 13.5. The number of nitrogens with two attached hydrogens (primary N) is 1. The van der Waals surface area contributed by atoms with Gasteiger partial charge in [0.25, 0.3) is 0 Å². The van der Waals surface area contributed by atoms with Gasteiger partial charge in [-0.3, -0.25) is 4.79 Å². The molecule has 1 rings (SSSR count). The number of likely N-dealkylation sites (N-methyl/N-ethyl adjacent to an activating group) is 2. The lowest BCUT2D eigenvalue weighted by Crippen LogP contribution is -2.49. The SMILES string of the molecule is CNCCN(C)C(=O)C1(CN)CCCCC1. The highest BCUT2D eigenvalue weighted by Crippen LogP contribution is 2.36. The molecule has 0 bridgehead atoms. The summed E-state index contributed by atoms with van der Waals surface area (Å²) in [5.41, 5.74) is 5.58. The van der Waals surface area contributed by atoms with Gasteiger partial charge in [-0.15, -0.1) is 0 Å². The Morgan fingerprint density at radius 3 is 2.50 bits per heavy atom. The molecule has 0 atom stereocenters. The van der Waals surface area contributed by atoms with Gasteiger partial charge in [-0.25, -0.2) is 0 Å². The number of rotatable bonds is 5. The summed E-state index contributed by atoms with van der Waals surface area (Å²) in [4.78, 5) is 14.2. The summed E-state index contributed by atoms with van der Waals surface area (Å²) in [6.07, 6.45) is 5.46. The Bertz CT molecular complexity index is 224. The van der Waals surface area contributed by atoms with Crippen molar-refractivity contribution >= 4 is 5.91 Å². The van der Waals surface area contributed by atoms with E-state index >= 15 is 0 Å². The molecule has 0 saturated heterocycles. The highest BCUT2D eigenvalue weighted by molar-refractivity contribution is 5.82. The van der Waals surface area contributed by atoms with Crippen molar-refractivity contribution in [1.82, 2.24) is 10.2 Å². The zero-order valence-corrected chi connectivity index (χ0v) is 10.6. The molecule has 4 nitrogen and oxygen atoms in total. The molecule has 0 unspecified atom stereocenters. The molecule has 1 aliphatic carbocycles.